The van der Waals surface area contributed by atoms with Gasteiger partial charge >= 0.3 is 0 Å². The molecule has 5 rings (SSSR count). The molecular weight excluding hydrogens is 304 g/mol. The Bertz CT molecular complexity index is 822. The molecule has 0 radical (unpaired) electrons. The lowest BCUT2D eigenvalue weighted by Gasteiger charge is -2.34. The van der Waals surface area contributed by atoms with E-state index in [4.69, 9.17) is 14.5 Å². The van der Waals surface area contributed by atoms with Crippen LogP contribution in [-0.2, 0) is 20.3 Å². The van der Waals surface area contributed by atoms with Crippen molar-refractivity contribution < 1.29 is 19.3 Å². The Labute approximate surface area is 140 Å². The predicted molar refractivity (Wildman–Crippen MR) is 87.0 cm³/mol. The summed E-state index contributed by atoms with van der Waals surface area (Å²) < 4.78 is 6.32. The Morgan fingerprint density at radius 3 is 2.21 bits per heavy atom. The van der Waals surface area contributed by atoms with Gasteiger partial charge in [-0.2, -0.15) is 9.78 Å². The van der Waals surface area contributed by atoms with Gasteiger partial charge in [0.1, 0.15) is 0 Å². The van der Waals surface area contributed by atoms with Crippen LogP contribution >= 0.6 is 0 Å². The first-order chi connectivity index (χ1) is 11.7. The minimum atomic E-state index is -1.48. The number of ketones is 1. The number of hydrogen-bond acceptors (Lipinski definition) is 4. The van der Waals surface area contributed by atoms with Gasteiger partial charge < -0.3 is 4.74 Å². The molecule has 2 fully saturated rings. The second-order valence-electron chi connectivity index (χ2n) is 6.78. The predicted octanol–water partition coefficient (Wildman–Crippen LogP) is 4.34. The SMILES string of the molecule is O=C1c2ccccc2-c2ccccc2C12OOC1(CCCCC1)O2. The number of ether oxygens (including phenoxy) is 1. The maximum Gasteiger partial charge on any atom is 0.295 e. The molecule has 2 spiro atoms. The van der Waals surface area contributed by atoms with E-state index in [1.807, 2.05) is 48.5 Å². The highest BCUT2D eigenvalue weighted by Gasteiger charge is 2.61. The van der Waals surface area contributed by atoms with Gasteiger partial charge in [0.05, 0.1) is 0 Å². The Hall–Kier alpha value is -2.01. The molecule has 1 heterocycles. The zero-order valence-corrected chi connectivity index (χ0v) is 13.3. The van der Waals surface area contributed by atoms with Crippen molar-refractivity contribution in [3.63, 3.8) is 0 Å². The first kappa shape index (κ1) is 14.3. The van der Waals surface area contributed by atoms with Gasteiger partial charge in [-0.05, 0) is 24.0 Å². The Morgan fingerprint density at radius 1 is 0.750 bits per heavy atom. The van der Waals surface area contributed by atoms with Crippen molar-refractivity contribution in [2.75, 3.05) is 0 Å². The molecule has 2 aromatic rings. The zero-order chi connectivity index (χ0) is 16.2. The van der Waals surface area contributed by atoms with E-state index in [9.17, 15) is 4.79 Å². The Morgan fingerprint density at radius 2 is 1.42 bits per heavy atom. The molecule has 0 N–H and O–H groups in total. The molecule has 0 bridgehead atoms. The number of fused-ring (bicyclic) bond motifs is 4. The minimum Gasteiger partial charge on any atom is -0.302 e. The van der Waals surface area contributed by atoms with Crippen LogP contribution in [0, 0.1) is 0 Å². The molecule has 0 aromatic heterocycles. The van der Waals surface area contributed by atoms with Crippen LogP contribution in [0.1, 0.15) is 48.0 Å². The van der Waals surface area contributed by atoms with Crippen LogP contribution in [-0.4, -0.2) is 11.6 Å². The molecule has 1 saturated carbocycles. The molecule has 4 nitrogen and oxygen atoms in total. The molecule has 4 heteroatoms. The number of Topliss-reactive ketones (excluding diaryl/α,β-unsaturated/α-hetero) is 1. The molecule has 3 aliphatic rings. The lowest BCUT2D eigenvalue weighted by molar-refractivity contribution is -0.348. The summed E-state index contributed by atoms with van der Waals surface area (Å²) in [6, 6.07) is 15.4. The van der Waals surface area contributed by atoms with Gasteiger partial charge in [-0.25, -0.2) is 0 Å². The third-order valence-corrected chi connectivity index (χ3v) is 5.30. The third-order valence-electron chi connectivity index (χ3n) is 5.30. The van der Waals surface area contributed by atoms with Gasteiger partial charge in [0.2, 0.25) is 11.6 Å². The second-order valence-corrected chi connectivity index (χ2v) is 6.78. The fraction of sp³-hybridized carbons (Fsp3) is 0.350. The molecule has 24 heavy (non-hydrogen) atoms. The second kappa shape index (κ2) is 4.99. The normalized spacial score (nSPS) is 27.2. The van der Waals surface area contributed by atoms with Crippen molar-refractivity contribution in [1.82, 2.24) is 0 Å². The summed E-state index contributed by atoms with van der Waals surface area (Å²) in [7, 11) is 0. The molecule has 122 valence electrons. The van der Waals surface area contributed by atoms with Crippen LogP contribution in [0.4, 0.5) is 0 Å². The lowest BCUT2D eigenvalue weighted by Crippen LogP contribution is -2.43. The standard InChI is InChI=1S/C20H18O4/c21-18-16-10-3-2-8-14(16)15-9-4-5-11-17(15)20(18)22-19(23-24-20)12-6-1-7-13-19/h2-5,8-11H,1,6-7,12-13H2. The van der Waals surface area contributed by atoms with Gasteiger partial charge in [0, 0.05) is 24.0 Å². The highest BCUT2D eigenvalue weighted by atomic mass is 17.3. The lowest BCUT2D eigenvalue weighted by atomic mass is 9.80. The van der Waals surface area contributed by atoms with Crippen LogP contribution in [0.15, 0.2) is 48.5 Å². The summed E-state index contributed by atoms with van der Waals surface area (Å²) in [6.45, 7) is 0. The van der Waals surface area contributed by atoms with E-state index in [-0.39, 0.29) is 5.78 Å². The number of benzene rings is 2. The molecule has 1 aliphatic heterocycles. The van der Waals surface area contributed by atoms with Gasteiger partial charge in [-0.1, -0.05) is 55.0 Å². The molecule has 1 atom stereocenters. The molecule has 2 aromatic carbocycles. The third kappa shape index (κ3) is 1.82. The minimum absolute atomic E-state index is 0.181. The van der Waals surface area contributed by atoms with Crippen molar-refractivity contribution in [2.45, 2.75) is 43.7 Å². The Kier molecular flexibility index (Phi) is 2.98. The largest absolute Gasteiger partial charge is 0.302 e. The van der Waals surface area contributed by atoms with Gasteiger partial charge in [-0.15, -0.1) is 0 Å². The maximum absolute atomic E-state index is 13.3. The van der Waals surface area contributed by atoms with Crippen molar-refractivity contribution in [3.05, 3.63) is 59.7 Å². The molecule has 2 aliphatic carbocycles. The van der Waals surface area contributed by atoms with Crippen molar-refractivity contribution >= 4 is 5.78 Å². The number of hydrogen-bond donors (Lipinski definition) is 0. The summed E-state index contributed by atoms with van der Waals surface area (Å²) in [6.07, 6.45) is 4.71. The van der Waals surface area contributed by atoms with Crippen LogP contribution in [0.3, 0.4) is 0 Å². The monoisotopic (exact) mass is 322 g/mol. The number of carbonyl (C=O) groups is 1. The van der Waals surface area contributed by atoms with Crippen LogP contribution in [0.25, 0.3) is 11.1 Å². The Balaban J connectivity index is 1.69. The smallest absolute Gasteiger partial charge is 0.295 e. The van der Waals surface area contributed by atoms with Crippen molar-refractivity contribution in [2.24, 2.45) is 0 Å². The summed E-state index contributed by atoms with van der Waals surface area (Å²) in [5.74, 6) is -2.46. The highest BCUT2D eigenvalue weighted by Crippen LogP contribution is 2.53. The average Bonchev–Trinajstić information content (AvgIpc) is 3.01. The molecule has 1 unspecified atom stereocenters. The average molecular weight is 322 g/mol. The van der Waals surface area contributed by atoms with Crippen LogP contribution < -0.4 is 0 Å². The van der Waals surface area contributed by atoms with E-state index in [0.717, 1.165) is 48.8 Å². The van der Waals surface area contributed by atoms with E-state index in [1.165, 1.54) is 0 Å². The molecule has 0 amide bonds. The maximum atomic E-state index is 13.3. The number of carbonyl (C=O) groups excluding carboxylic acids is 1. The number of rotatable bonds is 0. The van der Waals surface area contributed by atoms with E-state index >= 15 is 0 Å². The van der Waals surface area contributed by atoms with Gasteiger partial charge in [0.25, 0.3) is 5.79 Å². The van der Waals surface area contributed by atoms with Crippen LogP contribution in [0.5, 0.6) is 0 Å². The topological polar surface area (TPSA) is 44.8 Å². The first-order valence-electron chi connectivity index (χ1n) is 8.55. The van der Waals surface area contributed by atoms with Crippen molar-refractivity contribution in [3.8, 4) is 11.1 Å². The fourth-order valence-corrected chi connectivity index (χ4v) is 4.11. The molecule has 1 saturated heterocycles. The van der Waals surface area contributed by atoms with E-state index in [2.05, 4.69) is 0 Å². The van der Waals surface area contributed by atoms with E-state index in [0.29, 0.717) is 5.56 Å². The van der Waals surface area contributed by atoms with Crippen molar-refractivity contribution in [1.29, 1.82) is 0 Å². The first-order valence-corrected chi connectivity index (χ1v) is 8.55. The van der Waals surface area contributed by atoms with E-state index < -0.39 is 11.6 Å². The summed E-state index contributed by atoms with van der Waals surface area (Å²) >= 11 is 0. The van der Waals surface area contributed by atoms with Crippen LogP contribution in [0.2, 0.25) is 0 Å². The zero-order valence-electron chi connectivity index (χ0n) is 13.3. The summed E-state index contributed by atoms with van der Waals surface area (Å²) in [5, 5.41) is 0. The van der Waals surface area contributed by atoms with Gasteiger partial charge in [-0.3, -0.25) is 4.79 Å². The quantitative estimate of drug-likeness (QED) is 0.677. The van der Waals surface area contributed by atoms with E-state index in [1.54, 1.807) is 0 Å². The van der Waals surface area contributed by atoms with Gasteiger partial charge in [0.15, 0.2) is 0 Å². The summed E-state index contributed by atoms with van der Waals surface area (Å²) in [5.41, 5.74) is 3.23. The molecular formula is C20H18O4. The summed E-state index contributed by atoms with van der Waals surface area (Å²) in [4.78, 5) is 24.7. The fourth-order valence-electron chi connectivity index (χ4n) is 4.11. The highest BCUT2D eigenvalue weighted by molar-refractivity contribution is 6.11.